The molecule has 0 saturated carbocycles. The summed E-state index contributed by atoms with van der Waals surface area (Å²) in [7, 11) is 0. The van der Waals surface area contributed by atoms with Crippen LogP contribution >= 0.6 is 0 Å². The molecule has 0 radical (unpaired) electrons. The van der Waals surface area contributed by atoms with Crippen LogP contribution in [0.15, 0.2) is 18.3 Å². The van der Waals surface area contributed by atoms with Gasteiger partial charge >= 0.3 is 6.18 Å². The van der Waals surface area contributed by atoms with E-state index in [-0.39, 0.29) is 17.3 Å². The standard InChI is InChI=1S/C15H14F3N7/c1-10-21-12(15(16,17)18)8-13(22-10)24-4-6-25(7-5-24)14-20-3-2-11(9-19)23-14/h2-3,8H,4-7H2,1H3. The summed E-state index contributed by atoms with van der Waals surface area (Å²) in [6.45, 7) is 3.40. The first kappa shape index (κ1) is 16.9. The Morgan fingerprint density at radius 1 is 1.08 bits per heavy atom. The van der Waals surface area contributed by atoms with E-state index in [2.05, 4.69) is 19.9 Å². The first-order chi connectivity index (χ1) is 11.9. The number of halogens is 3. The van der Waals surface area contributed by atoms with Crippen molar-refractivity contribution in [2.24, 2.45) is 0 Å². The van der Waals surface area contributed by atoms with Crippen LogP contribution in [0.3, 0.4) is 0 Å². The van der Waals surface area contributed by atoms with Gasteiger partial charge in [0.2, 0.25) is 5.95 Å². The summed E-state index contributed by atoms with van der Waals surface area (Å²) in [4.78, 5) is 19.5. The molecule has 10 heteroatoms. The van der Waals surface area contributed by atoms with Gasteiger partial charge in [0, 0.05) is 38.4 Å². The predicted molar refractivity (Wildman–Crippen MR) is 82.9 cm³/mol. The SMILES string of the molecule is Cc1nc(N2CCN(c3nccc(C#N)n3)CC2)cc(C(F)(F)F)n1. The largest absolute Gasteiger partial charge is 0.433 e. The van der Waals surface area contributed by atoms with Crippen molar-refractivity contribution in [1.29, 1.82) is 5.26 Å². The molecule has 130 valence electrons. The fraction of sp³-hybridized carbons (Fsp3) is 0.400. The molecular weight excluding hydrogens is 335 g/mol. The van der Waals surface area contributed by atoms with E-state index in [9.17, 15) is 13.2 Å². The molecule has 2 aromatic heterocycles. The third-order valence-corrected chi connectivity index (χ3v) is 3.76. The van der Waals surface area contributed by atoms with E-state index in [1.54, 1.807) is 4.90 Å². The lowest BCUT2D eigenvalue weighted by molar-refractivity contribution is -0.141. The highest BCUT2D eigenvalue weighted by molar-refractivity contribution is 5.44. The van der Waals surface area contributed by atoms with Crippen molar-refractivity contribution in [2.75, 3.05) is 36.0 Å². The Labute approximate surface area is 141 Å². The summed E-state index contributed by atoms with van der Waals surface area (Å²) in [6.07, 6.45) is -2.99. The lowest BCUT2D eigenvalue weighted by atomic mass is 10.3. The second kappa shape index (κ2) is 6.51. The molecule has 0 amide bonds. The van der Waals surface area contributed by atoms with Gasteiger partial charge < -0.3 is 9.80 Å². The zero-order valence-electron chi connectivity index (χ0n) is 13.3. The van der Waals surface area contributed by atoms with Crippen LogP contribution in [0.1, 0.15) is 17.2 Å². The van der Waals surface area contributed by atoms with Crippen molar-refractivity contribution in [3.05, 3.63) is 35.5 Å². The zero-order valence-corrected chi connectivity index (χ0v) is 13.3. The highest BCUT2D eigenvalue weighted by Crippen LogP contribution is 2.30. The van der Waals surface area contributed by atoms with Gasteiger partial charge in [-0.05, 0) is 13.0 Å². The molecule has 0 unspecified atom stereocenters. The van der Waals surface area contributed by atoms with Gasteiger partial charge in [-0.2, -0.15) is 18.4 Å². The van der Waals surface area contributed by atoms with E-state index in [0.29, 0.717) is 32.1 Å². The highest BCUT2D eigenvalue weighted by atomic mass is 19.4. The van der Waals surface area contributed by atoms with Gasteiger partial charge in [-0.15, -0.1) is 0 Å². The number of hydrogen-bond donors (Lipinski definition) is 0. The molecule has 2 aromatic rings. The van der Waals surface area contributed by atoms with Gasteiger partial charge in [0.25, 0.3) is 0 Å². The molecule has 0 bridgehead atoms. The molecule has 0 spiro atoms. The Balaban J connectivity index is 1.74. The van der Waals surface area contributed by atoms with E-state index in [0.717, 1.165) is 6.07 Å². The van der Waals surface area contributed by atoms with E-state index in [4.69, 9.17) is 5.26 Å². The second-order valence-corrected chi connectivity index (χ2v) is 5.48. The van der Waals surface area contributed by atoms with E-state index < -0.39 is 11.9 Å². The maximum Gasteiger partial charge on any atom is 0.433 e. The normalized spacial score (nSPS) is 15.2. The Hall–Kier alpha value is -2.96. The number of aromatic nitrogens is 4. The van der Waals surface area contributed by atoms with Gasteiger partial charge in [-0.1, -0.05) is 0 Å². The predicted octanol–water partition coefficient (Wildman–Crippen LogP) is 1.79. The monoisotopic (exact) mass is 349 g/mol. The molecule has 1 aliphatic heterocycles. The second-order valence-electron chi connectivity index (χ2n) is 5.48. The quantitative estimate of drug-likeness (QED) is 0.817. The van der Waals surface area contributed by atoms with Gasteiger partial charge in [-0.3, -0.25) is 0 Å². The molecule has 1 saturated heterocycles. The minimum absolute atomic E-state index is 0.0808. The maximum absolute atomic E-state index is 12.9. The third-order valence-electron chi connectivity index (χ3n) is 3.76. The van der Waals surface area contributed by atoms with Crippen LogP contribution in [0.25, 0.3) is 0 Å². The fourth-order valence-corrected chi connectivity index (χ4v) is 2.56. The molecule has 3 heterocycles. The number of alkyl halides is 3. The van der Waals surface area contributed by atoms with E-state index in [1.165, 1.54) is 19.2 Å². The summed E-state index contributed by atoms with van der Waals surface area (Å²) in [5.74, 6) is 0.775. The smallest absolute Gasteiger partial charge is 0.353 e. The van der Waals surface area contributed by atoms with Crippen LogP contribution in [0.2, 0.25) is 0 Å². The maximum atomic E-state index is 12.9. The van der Waals surface area contributed by atoms with Crippen LogP contribution in [0, 0.1) is 18.3 Å². The minimum atomic E-state index is -4.50. The lowest BCUT2D eigenvalue weighted by Gasteiger charge is -2.35. The number of aryl methyl sites for hydroxylation is 1. The summed E-state index contributed by atoms with van der Waals surface area (Å²) >= 11 is 0. The number of nitrogens with zero attached hydrogens (tertiary/aromatic N) is 7. The van der Waals surface area contributed by atoms with Gasteiger partial charge in [0.15, 0.2) is 0 Å². The molecule has 0 atom stereocenters. The minimum Gasteiger partial charge on any atom is -0.353 e. The van der Waals surface area contributed by atoms with Crippen molar-refractivity contribution >= 4 is 11.8 Å². The molecule has 0 aromatic carbocycles. The molecule has 25 heavy (non-hydrogen) atoms. The van der Waals surface area contributed by atoms with Gasteiger partial charge in [-0.25, -0.2) is 19.9 Å². The Kier molecular flexibility index (Phi) is 4.39. The Bertz CT molecular complexity index is 808. The van der Waals surface area contributed by atoms with Gasteiger partial charge in [0.05, 0.1) is 0 Å². The van der Waals surface area contributed by atoms with Crippen molar-refractivity contribution in [2.45, 2.75) is 13.1 Å². The van der Waals surface area contributed by atoms with Crippen molar-refractivity contribution in [3.63, 3.8) is 0 Å². The summed E-state index contributed by atoms with van der Waals surface area (Å²) in [6, 6.07) is 4.44. The van der Waals surface area contributed by atoms with Crippen molar-refractivity contribution < 1.29 is 13.2 Å². The van der Waals surface area contributed by atoms with Gasteiger partial charge in [0.1, 0.15) is 29.1 Å². The lowest BCUT2D eigenvalue weighted by Crippen LogP contribution is -2.47. The summed E-state index contributed by atoms with van der Waals surface area (Å²) in [5, 5.41) is 8.90. The van der Waals surface area contributed by atoms with Crippen LogP contribution in [0.4, 0.5) is 24.9 Å². The zero-order chi connectivity index (χ0) is 18.0. The van der Waals surface area contributed by atoms with Crippen molar-refractivity contribution in [3.8, 4) is 6.07 Å². The number of anilines is 2. The topological polar surface area (TPSA) is 81.8 Å². The van der Waals surface area contributed by atoms with Crippen LogP contribution in [-0.2, 0) is 6.18 Å². The molecule has 3 rings (SSSR count). The first-order valence-corrected chi connectivity index (χ1v) is 7.53. The number of hydrogen-bond acceptors (Lipinski definition) is 7. The Morgan fingerprint density at radius 2 is 1.76 bits per heavy atom. The average Bonchev–Trinajstić information content (AvgIpc) is 2.60. The van der Waals surface area contributed by atoms with Crippen LogP contribution in [-0.4, -0.2) is 46.1 Å². The molecule has 0 aliphatic carbocycles. The fourth-order valence-electron chi connectivity index (χ4n) is 2.56. The van der Waals surface area contributed by atoms with E-state index >= 15 is 0 Å². The third kappa shape index (κ3) is 3.76. The molecule has 1 aliphatic rings. The summed E-state index contributed by atoms with van der Waals surface area (Å²) < 4.78 is 38.7. The molecular formula is C15H14F3N7. The molecule has 0 N–H and O–H groups in total. The van der Waals surface area contributed by atoms with Crippen LogP contribution in [0.5, 0.6) is 0 Å². The van der Waals surface area contributed by atoms with Crippen LogP contribution < -0.4 is 9.80 Å². The molecule has 1 fully saturated rings. The van der Waals surface area contributed by atoms with E-state index in [1.807, 2.05) is 11.0 Å². The number of piperazine rings is 1. The molecule has 7 nitrogen and oxygen atoms in total. The summed E-state index contributed by atoms with van der Waals surface area (Å²) in [5.41, 5.74) is -0.670. The van der Waals surface area contributed by atoms with Crippen molar-refractivity contribution in [1.82, 2.24) is 19.9 Å². The first-order valence-electron chi connectivity index (χ1n) is 7.53. The Morgan fingerprint density at radius 3 is 2.40 bits per heavy atom. The number of rotatable bonds is 2. The number of nitriles is 1. The average molecular weight is 349 g/mol. The highest BCUT2D eigenvalue weighted by Gasteiger charge is 2.34.